The number of β-lactam (4-membered cyclic amide) rings is 1. The van der Waals surface area contributed by atoms with Gasteiger partial charge in [0.05, 0.1) is 5.54 Å². The second-order valence-corrected chi connectivity index (χ2v) is 9.64. The van der Waals surface area contributed by atoms with Crippen LogP contribution < -0.4 is 11.1 Å². The minimum absolute atomic E-state index is 0.0169. The molecule has 1 spiro atoms. The predicted molar refractivity (Wildman–Crippen MR) is 103 cm³/mol. The van der Waals surface area contributed by atoms with Crippen molar-refractivity contribution in [3.05, 3.63) is 17.3 Å². The summed E-state index contributed by atoms with van der Waals surface area (Å²) in [5.41, 5.74) is -3.07. The van der Waals surface area contributed by atoms with E-state index in [1.165, 1.54) is 0 Å². The van der Waals surface area contributed by atoms with Crippen LogP contribution in [0.4, 0.5) is 18.3 Å². The number of hydrogen-bond acceptors (Lipinski definition) is 12. The van der Waals surface area contributed by atoms with Crippen LogP contribution in [0.25, 0.3) is 0 Å². The van der Waals surface area contributed by atoms with Crippen LogP contribution in [-0.4, -0.2) is 75.5 Å². The molecule has 1 unspecified atom stereocenters. The molecule has 1 saturated carbocycles. The summed E-state index contributed by atoms with van der Waals surface area (Å²) in [7, 11) is -5.03. The Labute approximate surface area is 191 Å². The van der Waals surface area contributed by atoms with Crippen molar-refractivity contribution in [2.75, 3.05) is 12.8 Å². The second-order valence-electron chi connectivity index (χ2n) is 7.32. The Kier molecular flexibility index (Phi) is 5.23. The zero-order valence-corrected chi connectivity index (χ0v) is 18.3. The van der Waals surface area contributed by atoms with Gasteiger partial charge in [0.15, 0.2) is 16.6 Å². The largest absolute Gasteiger partial charge is 0.534 e. The Bertz CT molecular complexity index is 1270. The van der Waals surface area contributed by atoms with Crippen LogP contribution >= 0.6 is 11.5 Å². The van der Waals surface area contributed by atoms with E-state index in [0.29, 0.717) is 4.90 Å². The number of alkyl halides is 3. The molecular weight excluding hydrogens is 513 g/mol. The molecule has 1 saturated heterocycles. The van der Waals surface area contributed by atoms with Gasteiger partial charge in [-0.1, -0.05) is 5.16 Å². The van der Waals surface area contributed by atoms with Gasteiger partial charge in [0.25, 0.3) is 11.8 Å². The predicted octanol–water partition coefficient (Wildman–Crippen LogP) is -0.877. The highest BCUT2D eigenvalue weighted by atomic mass is 32.2. The van der Waals surface area contributed by atoms with Gasteiger partial charge in [-0.15, -0.1) is 0 Å². The van der Waals surface area contributed by atoms with E-state index in [1.807, 2.05) is 0 Å². The molecule has 1 aliphatic carbocycles. The molecule has 3 atom stereocenters. The molecule has 34 heavy (non-hydrogen) atoms. The van der Waals surface area contributed by atoms with Gasteiger partial charge >= 0.3 is 21.6 Å². The van der Waals surface area contributed by atoms with Crippen LogP contribution in [0.1, 0.15) is 18.7 Å². The van der Waals surface area contributed by atoms with Crippen molar-refractivity contribution in [3.63, 3.8) is 0 Å². The number of nitrogen functional groups attached to an aromatic ring is 1. The van der Waals surface area contributed by atoms with Crippen LogP contribution in [0, 0.1) is 5.92 Å². The number of aliphatic carboxylic acids is 1. The third-order valence-electron chi connectivity index (χ3n) is 5.45. The van der Waals surface area contributed by atoms with E-state index >= 15 is 0 Å². The third-order valence-corrected chi connectivity index (χ3v) is 6.98. The third kappa shape index (κ3) is 3.42. The van der Waals surface area contributed by atoms with Crippen molar-refractivity contribution in [1.29, 1.82) is 0 Å². The maximum atomic E-state index is 12.8. The number of halogens is 3. The second kappa shape index (κ2) is 7.52. The van der Waals surface area contributed by atoms with Crippen molar-refractivity contribution in [2.24, 2.45) is 11.1 Å². The number of nitrogens with zero attached hydrogens (tertiary/aromatic N) is 4. The minimum atomic E-state index is -6.17. The number of anilines is 1. The van der Waals surface area contributed by atoms with Crippen molar-refractivity contribution >= 4 is 50.3 Å². The van der Waals surface area contributed by atoms with E-state index in [4.69, 9.17) is 5.73 Å². The summed E-state index contributed by atoms with van der Waals surface area (Å²) in [4.78, 5) is 46.3. The van der Waals surface area contributed by atoms with Gasteiger partial charge in [-0.2, -0.15) is 30.9 Å². The Hall–Kier alpha value is -3.48. The molecular formula is C15H13F3N6O8S2. The molecule has 2 amide bonds. The van der Waals surface area contributed by atoms with Gasteiger partial charge in [-0.05, 0) is 12.3 Å². The molecule has 2 aliphatic heterocycles. The number of amides is 2. The van der Waals surface area contributed by atoms with Crippen molar-refractivity contribution in [1.82, 2.24) is 19.6 Å². The van der Waals surface area contributed by atoms with E-state index < -0.39 is 74.5 Å². The molecule has 2 fully saturated rings. The van der Waals surface area contributed by atoms with Crippen LogP contribution in [0.3, 0.4) is 0 Å². The Morgan fingerprint density at radius 1 is 1.41 bits per heavy atom. The molecule has 184 valence electrons. The van der Waals surface area contributed by atoms with Gasteiger partial charge in [0, 0.05) is 18.0 Å². The number of carbonyl (C=O) groups is 3. The van der Waals surface area contributed by atoms with E-state index in [2.05, 4.69) is 28.9 Å². The quantitative estimate of drug-likeness (QED) is 0.131. The van der Waals surface area contributed by atoms with E-state index in [0.717, 1.165) is 18.6 Å². The van der Waals surface area contributed by atoms with Crippen molar-refractivity contribution in [2.45, 2.75) is 29.9 Å². The Morgan fingerprint density at radius 3 is 2.62 bits per heavy atom. The van der Waals surface area contributed by atoms with E-state index in [-0.39, 0.29) is 17.4 Å². The molecule has 1 aromatic rings. The van der Waals surface area contributed by atoms with Gasteiger partial charge < -0.3 is 25.2 Å². The summed E-state index contributed by atoms with van der Waals surface area (Å²) in [6.45, 7) is 0. The highest BCUT2D eigenvalue weighted by Crippen LogP contribution is 2.64. The van der Waals surface area contributed by atoms with Crippen LogP contribution in [0.2, 0.25) is 0 Å². The van der Waals surface area contributed by atoms with Crippen LogP contribution in [0.5, 0.6) is 0 Å². The van der Waals surface area contributed by atoms with E-state index in [9.17, 15) is 41.1 Å². The van der Waals surface area contributed by atoms with Gasteiger partial charge in [-0.3, -0.25) is 14.5 Å². The Balaban J connectivity index is 1.61. The molecule has 4 N–H and O–H groups in total. The lowest BCUT2D eigenvalue weighted by Crippen LogP contribution is -2.75. The monoisotopic (exact) mass is 526 g/mol. The summed E-state index contributed by atoms with van der Waals surface area (Å²) in [5, 5.41) is 15.4. The number of allylic oxidation sites excluding steroid dienone is 1. The summed E-state index contributed by atoms with van der Waals surface area (Å²) >= 11 is 0.761. The normalized spacial score (nSPS) is 26.3. The maximum Gasteiger partial charge on any atom is 0.534 e. The number of nitrogens with two attached hydrogens (primary N) is 1. The molecule has 1 aromatic heterocycles. The summed E-state index contributed by atoms with van der Waals surface area (Å²) < 4.78 is 68.8. The number of rotatable bonds is 7. The van der Waals surface area contributed by atoms with Crippen LogP contribution in [0.15, 0.2) is 16.6 Å². The van der Waals surface area contributed by atoms with Crippen LogP contribution in [-0.2, 0) is 33.5 Å². The fourth-order valence-electron chi connectivity index (χ4n) is 4.05. The molecule has 0 radical (unpaired) electrons. The summed E-state index contributed by atoms with van der Waals surface area (Å²) in [6.07, 6.45) is -0.450. The number of carboxylic acids is 1. The SMILES string of the molecule is CO/N=C(\C(=O)N[C@@H]1C(=O)N2C(C(=O)O)=C(OS(=O)(=O)C(F)(F)F)C[C@@H]3CC312)c1nsc(N)n1. The zero-order valence-electron chi connectivity index (χ0n) is 16.7. The zero-order chi connectivity index (χ0) is 25.2. The number of oxime groups is 1. The van der Waals surface area contributed by atoms with E-state index in [1.54, 1.807) is 0 Å². The molecule has 3 heterocycles. The molecule has 14 nitrogen and oxygen atoms in total. The molecule has 0 bridgehead atoms. The molecule has 0 aromatic carbocycles. The lowest BCUT2D eigenvalue weighted by Gasteiger charge is -2.50. The first-order valence-electron chi connectivity index (χ1n) is 9.07. The molecule has 19 heteroatoms. The highest BCUT2D eigenvalue weighted by molar-refractivity contribution is 7.87. The highest BCUT2D eigenvalue weighted by Gasteiger charge is 2.78. The van der Waals surface area contributed by atoms with Crippen molar-refractivity contribution in [3.8, 4) is 0 Å². The topological polar surface area (TPSA) is 203 Å². The fraction of sp³-hybridized carbons (Fsp3) is 0.467. The number of nitrogens with one attached hydrogen (secondary N) is 1. The standard InChI is InChI=1S/C15H13F3N6O8S2/c1-31-22-6(9-21-13(19)33-23-9)10(25)20-8-11(26)24-7(12(27)28)5(2-4-3-14(4,8)24)32-34(29,30)15(16,17)18/h4,8H,2-3H2,1H3,(H,20,25)(H,27,28)(H2,19,21,23)/b22-6-/t4-,8-,14?/m1/s1. The number of carboxylic acid groups (broad SMARTS) is 1. The smallest absolute Gasteiger partial charge is 0.476 e. The first-order chi connectivity index (χ1) is 15.7. The van der Waals surface area contributed by atoms with Gasteiger partial charge in [-0.25, -0.2) is 4.79 Å². The maximum absolute atomic E-state index is 12.8. The lowest BCUT2D eigenvalue weighted by atomic mass is 9.84. The summed E-state index contributed by atoms with van der Waals surface area (Å²) in [6, 6.07) is -1.28. The lowest BCUT2D eigenvalue weighted by molar-refractivity contribution is -0.158. The molecule has 4 rings (SSSR count). The first-order valence-corrected chi connectivity index (χ1v) is 11.3. The number of aromatic nitrogens is 2. The minimum Gasteiger partial charge on any atom is -0.476 e. The Morgan fingerprint density at radius 2 is 2.09 bits per heavy atom. The average molecular weight is 526 g/mol. The fourth-order valence-corrected chi connectivity index (χ4v) is 4.99. The average Bonchev–Trinajstić information content (AvgIpc) is 3.32. The summed E-state index contributed by atoms with van der Waals surface area (Å²) in [5.74, 6) is -5.73. The number of carbonyl (C=O) groups excluding carboxylic acids is 2. The molecule has 3 aliphatic rings. The van der Waals surface area contributed by atoms with Gasteiger partial charge in [0.2, 0.25) is 11.5 Å². The van der Waals surface area contributed by atoms with Crippen molar-refractivity contribution < 1.29 is 50.1 Å². The van der Waals surface area contributed by atoms with Gasteiger partial charge in [0.1, 0.15) is 13.2 Å². The first kappa shape index (κ1) is 23.7. The number of hydrogen-bond donors (Lipinski definition) is 3.